The van der Waals surface area contributed by atoms with E-state index in [1.54, 1.807) is 43.3 Å². The van der Waals surface area contributed by atoms with E-state index in [2.05, 4.69) is 26.1 Å². The summed E-state index contributed by atoms with van der Waals surface area (Å²) in [5.74, 6) is -2.21. The van der Waals surface area contributed by atoms with Gasteiger partial charge in [-0.15, -0.1) is 0 Å². The minimum absolute atomic E-state index is 0.0129. The van der Waals surface area contributed by atoms with Gasteiger partial charge in [0.15, 0.2) is 17.5 Å². The Kier molecular flexibility index (Phi) is 6.18. The zero-order chi connectivity index (χ0) is 26.3. The molecule has 1 atom stereocenters. The maximum Gasteiger partial charge on any atom is 0.256 e. The maximum atomic E-state index is 14.2. The Bertz CT molecular complexity index is 1740. The van der Waals surface area contributed by atoms with Crippen molar-refractivity contribution in [1.29, 1.82) is 0 Å². The first-order chi connectivity index (χ1) is 17.7. The summed E-state index contributed by atoms with van der Waals surface area (Å²) in [6.07, 6.45) is 0. The van der Waals surface area contributed by atoms with Gasteiger partial charge in [0.1, 0.15) is 11.4 Å². The van der Waals surface area contributed by atoms with Crippen LogP contribution >= 0.6 is 11.6 Å². The third-order valence-electron chi connectivity index (χ3n) is 5.87. The quantitative estimate of drug-likeness (QED) is 0.217. The van der Waals surface area contributed by atoms with E-state index in [9.17, 15) is 23.2 Å². The molecule has 0 spiro atoms. The third-order valence-corrected chi connectivity index (χ3v) is 6.11. The monoisotopic (exact) mass is 521 g/mol. The number of fused-ring (bicyclic) bond motifs is 1. The second-order valence-corrected chi connectivity index (χ2v) is 8.78. The zero-order valence-corrected chi connectivity index (χ0v) is 19.9. The molecule has 0 saturated heterocycles. The average Bonchev–Trinajstić information content (AvgIpc) is 3.29. The predicted molar refractivity (Wildman–Crippen MR) is 139 cm³/mol. The second kappa shape index (κ2) is 9.47. The zero-order valence-electron chi connectivity index (χ0n) is 19.2. The average molecular weight is 522 g/mol. The highest BCUT2D eigenvalue weighted by molar-refractivity contribution is 6.31. The lowest BCUT2D eigenvalue weighted by atomic mass is 10.1. The number of nitrogens with zero attached hydrogens (tertiary/aromatic N) is 1. The molecule has 0 bridgehead atoms. The van der Waals surface area contributed by atoms with Gasteiger partial charge in [-0.25, -0.2) is 8.78 Å². The van der Waals surface area contributed by atoms with Crippen molar-refractivity contribution in [2.75, 3.05) is 16.0 Å². The number of halogens is 3. The molecule has 37 heavy (non-hydrogen) atoms. The molecule has 1 heterocycles. The van der Waals surface area contributed by atoms with Crippen LogP contribution in [0.1, 0.15) is 28.9 Å². The molecule has 5 rings (SSSR count). The molecule has 0 aliphatic heterocycles. The van der Waals surface area contributed by atoms with Crippen LogP contribution in [0.3, 0.4) is 0 Å². The molecule has 1 aromatic heterocycles. The fraction of sp³-hybridized carbons (Fsp3) is 0.0769. The van der Waals surface area contributed by atoms with Crippen molar-refractivity contribution in [2.45, 2.75) is 13.0 Å². The van der Waals surface area contributed by atoms with Crippen molar-refractivity contribution < 1.29 is 13.6 Å². The van der Waals surface area contributed by atoms with Gasteiger partial charge in [0, 0.05) is 27.2 Å². The summed E-state index contributed by atoms with van der Waals surface area (Å²) in [5.41, 5.74) is -0.164. The number of hydrogen-bond acceptors (Lipinski definition) is 6. The first-order valence-electron chi connectivity index (χ1n) is 11.1. The summed E-state index contributed by atoms with van der Waals surface area (Å²) in [5, 5.41) is 16.3. The molecule has 5 aromatic rings. The Morgan fingerprint density at radius 2 is 1.76 bits per heavy atom. The largest absolute Gasteiger partial charge is 0.373 e. The Morgan fingerprint density at radius 1 is 1.00 bits per heavy atom. The van der Waals surface area contributed by atoms with Crippen molar-refractivity contribution >= 4 is 51.3 Å². The van der Waals surface area contributed by atoms with E-state index in [-0.39, 0.29) is 22.8 Å². The lowest BCUT2D eigenvalue weighted by Crippen LogP contribution is -2.37. The van der Waals surface area contributed by atoms with Gasteiger partial charge in [0.2, 0.25) is 0 Å². The van der Waals surface area contributed by atoms with E-state index in [0.717, 1.165) is 6.07 Å². The summed E-state index contributed by atoms with van der Waals surface area (Å²) in [7, 11) is 0. The molecule has 0 unspecified atom stereocenters. The van der Waals surface area contributed by atoms with Crippen LogP contribution in [-0.2, 0) is 0 Å². The Morgan fingerprint density at radius 3 is 2.54 bits per heavy atom. The third kappa shape index (κ3) is 4.54. The van der Waals surface area contributed by atoms with Gasteiger partial charge in [0.25, 0.3) is 16.8 Å². The molecule has 4 aromatic carbocycles. The molecule has 186 valence electrons. The fourth-order valence-electron chi connectivity index (χ4n) is 3.94. The maximum absolute atomic E-state index is 14.2. The first-order valence-corrected chi connectivity index (χ1v) is 11.5. The van der Waals surface area contributed by atoms with E-state index >= 15 is 0 Å². The van der Waals surface area contributed by atoms with Gasteiger partial charge in [-0.3, -0.25) is 19.5 Å². The molecule has 11 heteroatoms. The molecule has 8 nitrogen and oxygen atoms in total. The number of amides is 1. The first kappa shape index (κ1) is 24.1. The van der Waals surface area contributed by atoms with Crippen LogP contribution in [0.5, 0.6) is 0 Å². The number of carbonyl (C=O) groups excluding carboxylic acids is 1. The van der Waals surface area contributed by atoms with Crippen LogP contribution in [0.2, 0.25) is 5.02 Å². The highest BCUT2D eigenvalue weighted by Crippen LogP contribution is 2.30. The van der Waals surface area contributed by atoms with Gasteiger partial charge in [0.05, 0.1) is 11.6 Å². The number of aromatic amines is 1. The number of carbonyl (C=O) groups is 1. The number of anilines is 4. The highest BCUT2D eigenvalue weighted by Gasteiger charge is 2.24. The van der Waals surface area contributed by atoms with Gasteiger partial charge in [-0.1, -0.05) is 29.8 Å². The van der Waals surface area contributed by atoms with E-state index in [1.807, 2.05) is 0 Å². The number of nitrogens with one attached hydrogen (secondary N) is 4. The molecule has 4 N–H and O–H groups in total. The topological polar surface area (TPSA) is 116 Å². The molecular formula is C26H18ClF2N5O3. The Labute approximate surface area is 213 Å². The van der Waals surface area contributed by atoms with Crippen molar-refractivity contribution in [1.82, 2.24) is 10.2 Å². The molecule has 0 radical (unpaired) electrons. The summed E-state index contributed by atoms with van der Waals surface area (Å²) >= 11 is 5.96. The van der Waals surface area contributed by atoms with E-state index in [1.165, 1.54) is 18.2 Å². The summed E-state index contributed by atoms with van der Waals surface area (Å²) in [4.78, 5) is 37.2. The van der Waals surface area contributed by atoms with Crippen LogP contribution in [0, 0.1) is 11.6 Å². The predicted octanol–water partition coefficient (Wildman–Crippen LogP) is 5.26. The van der Waals surface area contributed by atoms with Crippen LogP contribution in [0.4, 0.5) is 31.7 Å². The highest BCUT2D eigenvalue weighted by atomic mass is 35.5. The lowest BCUT2D eigenvalue weighted by Gasteiger charge is -2.20. The Balaban J connectivity index is 1.39. The van der Waals surface area contributed by atoms with Gasteiger partial charge in [-0.05, 0) is 49.4 Å². The number of H-pyrrole nitrogens is 1. The molecule has 1 amide bonds. The van der Waals surface area contributed by atoms with Gasteiger partial charge in [-0.2, -0.15) is 5.10 Å². The molecule has 0 saturated carbocycles. The van der Waals surface area contributed by atoms with Crippen molar-refractivity contribution in [3.8, 4) is 0 Å². The number of benzene rings is 3. The standard InChI is InChI=1S/C26H18ClF2N5O3/c1-12(16-6-3-7-18(28)20(16)29)30-21-22(24(36)23(21)35)31-15-8-9-19-17(11-15)25(34-33-19)32-26(37)13-4-2-5-14(27)10-13/h2-12,30-31H,1H3,(H2,32,33,34,37)/t12-/m1/s1. The molecule has 0 fully saturated rings. The summed E-state index contributed by atoms with van der Waals surface area (Å²) in [6, 6.07) is 14.4. The fourth-order valence-corrected chi connectivity index (χ4v) is 4.13. The number of rotatable bonds is 7. The van der Waals surface area contributed by atoms with Crippen LogP contribution < -0.4 is 26.8 Å². The van der Waals surface area contributed by atoms with Gasteiger partial charge < -0.3 is 16.0 Å². The molecular weight excluding hydrogens is 504 g/mol. The van der Waals surface area contributed by atoms with E-state index in [0.29, 0.717) is 27.2 Å². The summed E-state index contributed by atoms with van der Waals surface area (Å²) < 4.78 is 27.8. The normalized spacial score (nSPS) is 12.0. The van der Waals surface area contributed by atoms with Crippen LogP contribution in [-0.4, -0.2) is 16.1 Å². The van der Waals surface area contributed by atoms with Crippen LogP contribution in [0.15, 0.2) is 70.3 Å². The second-order valence-electron chi connectivity index (χ2n) is 8.34. The number of aromatic nitrogens is 2. The van der Waals surface area contributed by atoms with Crippen molar-refractivity contribution in [3.63, 3.8) is 0 Å². The lowest BCUT2D eigenvalue weighted by molar-refractivity contribution is 0.102. The number of hydrogen-bond donors (Lipinski definition) is 4. The molecule has 0 aliphatic carbocycles. The van der Waals surface area contributed by atoms with Gasteiger partial charge >= 0.3 is 0 Å². The van der Waals surface area contributed by atoms with Crippen molar-refractivity contribution in [2.24, 2.45) is 0 Å². The Hall–Kier alpha value is -4.57. The smallest absolute Gasteiger partial charge is 0.256 e. The SMILES string of the molecule is C[C@@H](Nc1c(Nc2ccc3[nH]nc(NC(=O)c4cccc(Cl)c4)c3c2)c(=O)c1=O)c1cccc(F)c1F. The van der Waals surface area contributed by atoms with E-state index in [4.69, 9.17) is 11.6 Å². The van der Waals surface area contributed by atoms with Crippen molar-refractivity contribution in [3.05, 3.63) is 109 Å². The molecule has 0 aliphatic rings. The minimum Gasteiger partial charge on any atom is -0.373 e. The van der Waals surface area contributed by atoms with Crippen LogP contribution in [0.25, 0.3) is 10.9 Å². The summed E-state index contributed by atoms with van der Waals surface area (Å²) in [6.45, 7) is 1.55. The van der Waals surface area contributed by atoms with E-state index < -0.39 is 34.4 Å². The minimum atomic E-state index is -1.03.